The third kappa shape index (κ3) is 2.16. The van der Waals surface area contributed by atoms with Crippen molar-refractivity contribution >= 4 is 11.9 Å². The number of rotatable bonds is 2. The second-order valence-electron chi connectivity index (χ2n) is 2.52. The van der Waals surface area contributed by atoms with Gasteiger partial charge in [-0.1, -0.05) is 0 Å². The van der Waals surface area contributed by atoms with E-state index in [2.05, 4.69) is 4.98 Å². The first-order valence-corrected chi connectivity index (χ1v) is 3.67. The van der Waals surface area contributed by atoms with Gasteiger partial charge in [0.25, 0.3) is 0 Å². The molecule has 0 aliphatic heterocycles. The Hall–Kier alpha value is -1.62. The summed E-state index contributed by atoms with van der Waals surface area (Å²) in [4.78, 5) is 15.4. The number of aliphatic hydroxyl groups excluding tert-OH is 1. The van der Waals surface area contributed by atoms with Gasteiger partial charge in [-0.3, -0.25) is 4.90 Å². The minimum Gasteiger partial charge on any atom is -0.465 e. The van der Waals surface area contributed by atoms with Crippen LogP contribution in [0.4, 0.5) is 10.6 Å². The second-order valence-corrected chi connectivity index (χ2v) is 2.52. The quantitative estimate of drug-likeness (QED) is 0.705. The van der Waals surface area contributed by atoms with Gasteiger partial charge in [0.05, 0.1) is 6.61 Å². The normalized spacial score (nSPS) is 9.69. The van der Waals surface area contributed by atoms with Crippen LogP contribution in [0.1, 0.15) is 5.56 Å². The lowest BCUT2D eigenvalue weighted by atomic mass is 10.3. The molecule has 5 nitrogen and oxygen atoms in total. The molecule has 0 aromatic carbocycles. The molecule has 0 fully saturated rings. The molecule has 0 saturated heterocycles. The fourth-order valence-electron chi connectivity index (χ4n) is 0.840. The summed E-state index contributed by atoms with van der Waals surface area (Å²) in [6, 6.07) is 3.15. The molecule has 0 spiro atoms. The Kier molecular flexibility index (Phi) is 2.81. The van der Waals surface area contributed by atoms with E-state index in [1.807, 2.05) is 0 Å². The highest BCUT2D eigenvalue weighted by Gasteiger charge is 2.09. The predicted octanol–water partition coefficient (Wildman–Crippen LogP) is 0.688. The van der Waals surface area contributed by atoms with Gasteiger partial charge in [0, 0.05) is 13.2 Å². The van der Waals surface area contributed by atoms with Crippen LogP contribution < -0.4 is 4.90 Å². The van der Waals surface area contributed by atoms with Crippen molar-refractivity contribution in [2.24, 2.45) is 0 Å². The average molecular weight is 182 g/mol. The number of hydrogen-bond donors (Lipinski definition) is 2. The Labute approximate surface area is 75.3 Å². The van der Waals surface area contributed by atoms with Crippen molar-refractivity contribution in [3.63, 3.8) is 0 Å². The third-order valence-corrected chi connectivity index (χ3v) is 1.62. The summed E-state index contributed by atoms with van der Waals surface area (Å²) in [6.07, 6.45) is 0.378. The van der Waals surface area contributed by atoms with Gasteiger partial charge in [-0.25, -0.2) is 9.78 Å². The maximum atomic E-state index is 10.5. The lowest BCUT2D eigenvalue weighted by Gasteiger charge is -2.11. The summed E-state index contributed by atoms with van der Waals surface area (Å²) in [5.74, 6) is 0.305. The number of amides is 1. The number of hydrogen-bond acceptors (Lipinski definition) is 3. The number of nitrogens with zero attached hydrogens (tertiary/aromatic N) is 2. The second kappa shape index (κ2) is 3.86. The van der Waals surface area contributed by atoms with E-state index in [1.54, 1.807) is 6.07 Å². The van der Waals surface area contributed by atoms with Gasteiger partial charge in [-0.15, -0.1) is 0 Å². The van der Waals surface area contributed by atoms with Crippen molar-refractivity contribution in [1.82, 2.24) is 4.98 Å². The van der Waals surface area contributed by atoms with E-state index in [-0.39, 0.29) is 6.61 Å². The Bertz CT molecular complexity index is 314. The SMILES string of the molecule is CN(C(=O)O)c1cc(CO)ccn1. The Morgan fingerprint density at radius 1 is 1.69 bits per heavy atom. The average Bonchev–Trinajstić information content (AvgIpc) is 2.16. The molecule has 0 bridgehead atoms. The third-order valence-electron chi connectivity index (χ3n) is 1.62. The Morgan fingerprint density at radius 2 is 2.38 bits per heavy atom. The molecule has 1 rings (SSSR count). The van der Waals surface area contributed by atoms with Crippen LogP contribution >= 0.6 is 0 Å². The lowest BCUT2D eigenvalue weighted by Crippen LogP contribution is -2.24. The van der Waals surface area contributed by atoms with Crippen molar-refractivity contribution in [3.8, 4) is 0 Å². The summed E-state index contributed by atoms with van der Waals surface area (Å²) >= 11 is 0. The number of anilines is 1. The maximum absolute atomic E-state index is 10.5. The van der Waals surface area contributed by atoms with E-state index in [4.69, 9.17) is 10.2 Å². The van der Waals surface area contributed by atoms with Crippen molar-refractivity contribution in [2.75, 3.05) is 11.9 Å². The van der Waals surface area contributed by atoms with Gasteiger partial charge >= 0.3 is 6.09 Å². The van der Waals surface area contributed by atoms with Crippen LogP contribution in [-0.4, -0.2) is 28.3 Å². The minimum atomic E-state index is -1.08. The minimum absolute atomic E-state index is 0.122. The molecule has 0 radical (unpaired) electrons. The lowest BCUT2D eigenvalue weighted by molar-refractivity contribution is 0.203. The smallest absolute Gasteiger partial charge is 0.412 e. The number of carbonyl (C=O) groups is 1. The Balaban J connectivity index is 2.94. The molecular weight excluding hydrogens is 172 g/mol. The Morgan fingerprint density at radius 3 is 2.92 bits per heavy atom. The molecule has 5 heteroatoms. The topological polar surface area (TPSA) is 73.7 Å². The zero-order chi connectivity index (χ0) is 9.84. The van der Waals surface area contributed by atoms with E-state index in [1.165, 1.54) is 19.3 Å². The molecule has 13 heavy (non-hydrogen) atoms. The number of aromatic nitrogens is 1. The van der Waals surface area contributed by atoms with Gasteiger partial charge in [0.2, 0.25) is 0 Å². The fourth-order valence-corrected chi connectivity index (χ4v) is 0.840. The molecule has 1 aromatic rings. The molecule has 1 aromatic heterocycles. The van der Waals surface area contributed by atoms with Gasteiger partial charge in [0.1, 0.15) is 5.82 Å². The summed E-state index contributed by atoms with van der Waals surface area (Å²) in [5, 5.41) is 17.4. The summed E-state index contributed by atoms with van der Waals surface area (Å²) in [6.45, 7) is -0.122. The highest BCUT2D eigenvalue weighted by molar-refractivity contribution is 5.83. The summed E-state index contributed by atoms with van der Waals surface area (Å²) < 4.78 is 0. The highest BCUT2D eigenvalue weighted by atomic mass is 16.4. The van der Waals surface area contributed by atoms with Gasteiger partial charge in [-0.2, -0.15) is 0 Å². The van der Waals surface area contributed by atoms with Crippen LogP contribution in [0.5, 0.6) is 0 Å². The molecule has 2 N–H and O–H groups in total. The van der Waals surface area contributed by atoms with E-state index in [0.717, 1.165) is 4.90 Å². The zero-order valence-corrected chi connectivity index (χ0v) is 7.14. The monoisotopic (exact) mass is 182 g/mol. The van der Waals surface area contributed by atoms with Crippen molar-refractivity contribution < 1.29 is 15.0 Å². The molecular formula is C8H10N2O3. The van der Waals surface area contributed by atoms with Crippen molar-refractivity contribution in [3.05, 3.63) is 23.9 Å². The van der Waals surface area contributed by atoms with Gasteiger partial charge in [-0.05, 0) is 17.7 Å². The molecule has 1 amide bonds. The van der Waals surface area contributed by atoms with Crippen LogP contribution in [-0.2, 0) is 6.61 Å². The van der Waals surface area contributed by atoms with Crippen molar-refractivity contribution in [2.45, 2.75) is 6.61 Å². The summed E-state index contributed by atoms with van der Waals surface area (Å²) in [7, 11) is 1.39. The van der Waals surface area contributed by atoms with Gasteiger partial charge < -0.3 is 10.2 Å². The van der Waals surface area contributed by atoms with E-state index in [0.29, 0.717) is 11.4 Å². The molecule has 0 aliphatic rings. The first-order valence-electron chi connectivity index (χ1n) is 3.67. The van der Waals surface area contributed by atoms with Crippen LogP contribution in [0.15, 0.2) is 18.3 Å². The zero-order valence-electron chi connectivity index (χ0n) is 7.14. The van der Waals surface area contributed by atoms with Crippen LogP contribution in [0, 0.1) is 0 Å². The first-order chi connectivity index (χ1) is 6.15. The largest absolute Gasteiger partial charge is 0.465 e. The molecule has 0 saturated carbocycles. The van der Waals surface area contributed by atoms with Crippen LogP contribution in [0.2, 0.25) is 0 Å². The van der Waals surface area contributed by atoms with Gasteiger partial charge in [0.15, 0.2) is 0 Å². The van der Waals surface area contributed by atoms with Crippen LogP contribution in [0.3, 0.4) is 0 Å². The molecule has 0 aliphatic carbocycles. The standard InChI is InChI=1S/C8H10N2O3/c1-10(8(12)13)7-4-6(5-11)2-3-9-7/h2-4,11H,5H2,1H3,(H,12,13). The number of pyridine rings is 1. The number of carboxylic acid groups (broad SMARTS) is 1. The molecule has 1 heterocycles. The molecule has 0 unspecified atom stereocenters. The highest BCUT2D eigenvalue weighted by Crippen LogP contribution is 2.10. The first kappa shape index (κ1) is 9.47. The van der Waals surface area contributed by atoms with E-state index < -0.39 is 6.09 Å². The molecule has 0 atom stereocenters. The fraction of sp³-hybridized carbons (Fsp3) is 0.250. The maximum Gasteiger partial charge on any atom is 0.412 e. The van der Waals surface area contributed by atoms with E-state index >= 15 is 0 Å². The molecule has 70 valence electrons. The predicted molar refractivity (Wildman–Crippen MR) is 46.6 cm³/mol. The number of aliphatic hydroxyl groups is 1. The summed E-state index contributed by atoms with van der Waals surface area (Å²) in [5.41, 5.74) is 0.637. The van der Waals surface area contributed by atoms with Crippen molar-refractivity contribution in [1.29, 1.82) is 0 Å². The van der Waals surface area contributed by atoms with Crippen LogP contribution in [0.25, 0.3) is 0 Å². The van der Waals surface area contributed by atoms with E-state index in [9.17, 15) is 4.79 Å².